The Morgan fingerprint density at radius 2 is 1.94 bits per heavy atom. The Balaban J connectivity index is 2.12. The van der Waals surface area contributed by atoms with E-state index in [1.165, 1.54) is 4.90 Å². The van der Waals surface area contributed by atoms with Crippen molar-refractivity contribution < 1.29 is 24.2 Å². The molecule has 2 bridgehead atoms. The summed E-state index contributed by atoms with van der Waals surface area (Å²) in [6.45, 7) is 16.2. The van der Waals surface area contributed by atoms with Gasteiger partial charge in [-0.3, -0.25) is 14.4 Å². The molecule has 3 amide bonds. The van der Waals surface area contributed by atoms with Crippen LogP contribution >= 0.6 is 0 Å². The van der Waals surface area contributed by atoms with Crippen LogP contribution in [-0.2, 0) is 19.1 Å². The summed E-state index contributed by atoms with van der Waals surface area (Å²) in [5, 5.41) is 10.0. The van der Waals surface area contributed by atoms with Gasteiger partial charge < -0.3 is 24.5 Å². The van der Waals surface area contributed by atoms with Crippen LogP contribution in [-0.4, -0.2) is 94.1 Å². The Bertz CT molecular complexity index is 846. The summed E-state index contributed by atoms with van der Waals surface area (Å²) in [6.07, 6.45) is 5.60. The van der Waals surface area contributed by atoms with Gasteiger partial charge in [-0.05, 0) is 32.6 Å². The second-order valence-electron chi connectivity index (χ2n) is 10.4. The van der Waals surface area contributed by atoms with Gasteiger partial charge >= 0.3 is 0 Å². The highest BCUT2D eigenvalue weighted by molar-refractivity contribution is 5.99. The van der Waals surface area contributed by atoms with Crippen molar-refractivity contribution in [3.63, 3.8) is 0 Å². The van der Waals surface area contributed by atoms with Crippen molar-refractivity contribution in [3.05, 3.63) is 25.3 Å². The minimum atomic E-state index is -1.10. The van der Waals surface area contributed by atoms with E-state index in [9.17, 15) is 19.5 Å². The van der Waals surface area contributed by atoms with Gasteiger partial charge in [-0.1, -0.05) is 32.4 Å². The molecule has 3 heterocycles. The maximum atomic E-state index is 14.1. The molecule has 8 nitrogen and oxygen atoms in total. The molecular formula is C26H41N3O5. The fraction of sp³-hybridized carbons (Fsp3) is 0.731. The molecule has 0 aliphatic carbocycles. The summed E-state index contributed by atoms with van der Waals surface area (Å²) < 4.78 is 6.72. The quantitative estimate of drug-likeness (QED) is 0.461. The van der Waals surface area contributed by atoms with Gasteiger partial charge in [-0.2, -0.15) is 0 Å². The predicted octanol–water partition coefficient (Wildman–Crippen LogP) is 1.84. The van der Waals surface area contributed by atoms with Crippen LogP contribution in [0.4, 0.5) is 0 Å². The largest absolute Gasteiger partial charge is 0.394 e. The van der Waals surface area contributed by atoms with Gasteiger partial charge in [-0.25, -0.2) is 0 Å². The van der Waals surface area contributed by atoms with Crippen LogP contribution in [0.2, 0.25) is 0 Å². The first-order valence-electron chi connectivity index (χ1n) is 12.4. The van der Waals surface area contributed by atoms with E-state index in [0.717, 1.165) is 12.8 Å². The average molecular weight is 476 g/mol. The fourth-order valence-electron chi connectivity index (χ4n) is 6.38. The zero-order valence-electron chi connectivity index (χ0n) is 21.3. The Labute approximate surface area is 203 Å². The summed E-state index contributed by atoms with van der Waals surface area (Å²) >= 11 is 0. The van der Waals surface area contributed by atoms with Gasteiger partial charge in [0.25, 0.3) is 0 Å². The molecular weight excluding hydrogens is 434 g/mol. The van der Waals surface area contributed by atoms with Gasteiger partial charge in [0, 0.05) is 26.7 Å². The predicted molar refractivity (Wildman–Crippen MR) is 130 cm³/mol. The average Bonchev–Trinajstić information content (AvgIpc) is 3.32. The van der Waals surface area contributed by atoms with Crippen molar-refractivity contribution in [1.82, 2.24) is 14.7 Å². The summed E-state index contributed by atoms with van der Waals surface area (Å²) in [5.74, 6) is -2.15. The Morgan fingerprint density at radius 1 is 1.29 bits per heavy atom. The molecule has 3 aliphatic rings. The molecule has 1 N–H and O–H groups in total. The van der Waals surface area contributed by atoms with Crippen LogP contribution in [0.5, 0.6) is 0 Å². The highest BCUT2D eigenvalue weighted by Gasteiger charge is 2.80. The van der Waals surface area contributed by atoms with E-state index in [2.05, 4.69) is 20.1 Å². The third kappa shape index (κ3) is 3.79. The molecule has 3 aliphatic heterocycles. The SMILES string of the molecule is C=CCN(C)C(=O)[C@H]1[C@H]2C(=O)N([C@H](C)CO)C(C(=O)N(CC=C)CCCC)C23CC(C)[C@]1(C)O3. The fourth-order valence-corrected chi connectivity index (χ4v) is 6.38. The number of likely N-dealkylation sites (N-methyl/N-ethyl adjacent to an activating group) is 1. The molecule has 34 heavy (non-hydrogen) atoms. The molecule has 0 radical (unpaired) electrons. The number of hydrogen-bond donors (Lipinski definition) is 1. The first-order chi connectivity index (χ1) is 16.0. The van der Waals surface area contributed by atoms with Crippen LogP contribution in [0.25, 0.3) is 0 Å². The van der Waals surface area contributed by atoms with Gasteiger partial charge in [0.2, 0.25) is 17.7 Å². The number of hydrogen-bond acceptors (Lipinski definition) is 5. The van der Waals surface area contributed by atoms with Crippen LogP contribution in [0.15, 0.2) is 25.3 Å². The molecule has 190 valence electrons. The molecule has 3 fully saturated rings. The molecule has 3 saturated heterocycles. The molecule has 0 aromatic heterocycles. The zero-order chi connectivity index (χ0) is 25.4. The highest BCUT2D eigenvalue weighted by atomic mass is 16.5. The number of carbonyl (C=O) groups excluding carboxylic acids is 3. The Morgan fingerprint density at radius 3 is 2.50 bits per heavy atom. The molecule has 1 spiro atoms. The van der Waals surface area contributed by atoms with Crippen molar-refractivity contribution in [2.45, 2.75) is 70.2 Å². The lowest BCUT2D eigenvalue weighted by molar-refractivity contribution is -0.156. The smallest absolute Gasteiger partial charge is 0.248 e. The minimum absolute atomic E-state index is 0.0224. The number of ether oxygens (including phenoxy) is 1. The first kappa shape index (κ1) is 26.4. The lowest BCUT2D eigenvalue weighted by Crippen LogP contribution is -2.58. The second-order valence-corrected chi connectivity index (χ2v) is 10.4. The second kappa shape index (κ2) is 9.82. The van der Waals surface area contributed by atoms with E-state index in [-0.39, 0.29) is 30.2 Å². The number of unbranched alkanes of at least 4 members (excludes halogenated alkanes) is 1. The summed E-state index contributed by atoms with van der Waals surface area (Å²) in [4.78, 5) is 46.5. The molecule has 3 rings (SSSR count). The van der Waals surface area contributed by atoms with Crippen molar-refractivity contribution in [2.75, 3.05) is 33.3 Å². The van der Waals surface area contributed by atoms with Crippen molar-refractivity contribution >= 4 is 17.7 Å². The summed E-state index contributed by atoms with van der Waals surface area (Å²) in [7, 11) is 1.70. The van der Waals surface area contributed by atoms with Crippen LogP contribution in [0.1, 0.15) is 47.0 Å². The number of carbonyl (C=O) groups is 3. The number of likely N-dealkylation sites (tertiary alicyclic amines) is 1. The van der Waals surface area contributed by atoms with Crippen molar-refractivity contribution in [2.24, 2.45) is 17.8 Å². The lowest BCUT2D eigenvalue weighted by atomic mass is 9.62. The monoisotopic (exact) mass is 475 g/mol. The van der Waals surface area contributed by atoms with Crippen LogP contribution in [0.3, 0.4) is 0 Å². The van der Waals surface area contributed by atoms with E-state index in [4.69, 9.17) is 4.74 Å². The molecule has 0 aromatic rings. The number of aliphatic hydroxyl groups is 1. The van der Waals surface area contributed by atoms with E-state index < -0.39 is 35.1 Å². The van der Waals surface area contributed by atoms with E-state index in [1.54, 1.807) is 35.9 Å². The highest BCUT2D eigenvalue weighted by Crippen LogP contribution is 2.65. The molecule has 8 heteroatoms. The molecule has 3 unspecified atom stereocenters. The zero-order valence-corrected chi connectivity index (χ0v) is 21.3. The number of rotatable bonds is 11. The first-order valence-corrected chi connectivity index (χ1v) is 12.4. The van der Waals surface area contributed by atoms with E-state index >= 15 is 0 Å². The number of amides is 3. The normalized spacial score (nSPS) is 34.6. The van der Waals surface area contributed by atoms with Crippen LogP contribution in [0, 0.1) is 17.8 Å². The molecule has 7 atom stereocenters. The molecule has 0 saturated carbocycles. The van der Waals surface area contributed by atoms with Gasteiger partial charge in [-0.15, -0.1) is 13.2 Å². The Hall–Kier alpha value is -2.19. The van der Waals surface area contributed by atoms with Crippen LogP contribution < -0.4 is 0 Å². The standard InChI is InChI=1S/C26H41N3O5/c1-8-11-14-28(13-10-3)24(33)21-26-15-17(4)25(6,34-26)19(22(31)27(7)12-9-2)20(26)23(32)29(21)18(5)16-30/h9-10,17-21,30H,2-3,8,11-16H2,1,4-7H3/t17?,18-,19-,20+,21?,25+,26?/m1/s1. The van der Waals surface area contributed by atoms with E-state index in [1.807, 2.05) is 13.8 Å². The summed E-state index contributed by atoms with van der Waals surface area (Å²) in [5.41, 5.74) is -1.96. The van der Waals surface area contributed by atoms with Crippen molar-refractivity contribution in [3.8, 4) is 0 Å². The maximum Gasteiger partial charge on any atom is 0.248 e. The number of aliphatic hydroxyl groups excluding tert-OH is 1. The van der Waals surface area contributed by atoms with Gasteiger partial charge in [0.1, 0.15) is 11.6 Å². The maximum absolute atomic E-state index is 14.1. The lowest BCUT2D eigenvalue weighted by Gasteiger charge is -2.39. The van der Waals surface area contributed by atoms with Gasteiger partial charge in [0.15, 0.2) is 0 Å². The van der Waals surface area contributed by atoms with E-state index in [0.29, 0.717) is 26.1 Å². The molecule has 0 aromatic carbocycles. The third-order valence-electron chi connectivity index (χ3n) is 8.21. The minimum Gasteiger partial charge on any atom is -0.394 e. The third-order valence-corrected chi connectivity index (χ3v) is 8.21. The summed E-state index contributed by atoms with van der Waals surface area (Å²) in [6, 6.07) is -1.47. The Kier molecular flexibility index (Phi) is 7.63. The topological polar surface area (TPSA) is 90.4 Å². The number of fused-ring (bicyclic) bond motifs is 1. The van der Waals surface area contributed by atoms with Crippen molar-refractivity contribution in [1.29, 1.82) is 0 Å². The van der Waals surface area contributed by atoms with Gasteiger partial charge in [0.05, 0.1) is 30.1 Å². The number of nitrogens with zero attached hydrogens (tertiary/aromatic N) is 3.